The van der Waals surface area contributed by atoms with E-state index < -0.39 is 5.82 Å². The number of hydrogen-bond donors (Lipinski definition) is 1. The van der Waals surface area contributed by atoms with Gasteiger partial charge in [-0.25, -0.2) is 4.39 Å². The number of aliphatic hydroxyl groups is 1. The lowest BCUT2D eigenvalue weighted by Crippen LogP contribution is -2.20. The number of nitrogens with zero attached hydrogens (tertiary/aromatic N) is 2. The van der Waals surface area contributed by atoms with Crippen molar-refractivity contribution in [1.82, 2.24) is 4.57 Å². The standard InChI is InChI=1S/C20H14Cl3FN2O3/c21-15-2-1-3-16(22)20(15)26-11-12(4-7-18(26)28)19(25-29-9-8-27)14-6-5-13(24)10-17(14)23/h1-7,10-11,27H,8-9H2. The Hall–Kier alpha value is -2.38. The van der Waals surface area contributed by atoms with Crippen molar-refractivity contribution in [2.75, 3.05) is 13.2 Å². The summed E-state index contributed by atoms with van der Waals surface area (Å²) in [7, 11) is 0. The molecule has 0 aliphatic rings. The summed E-state index contributed by atoms with van der Waals surface area (Å²) >= 11 is 18.7. The van der Waals surface area contributed by atoms with Gasteiger partial charge in [0.2, 0.25) is 0 Å². The Morgan fingerprint density at radius 1 is 1.07 bits per heavy atom. The summed E-state index contributed by atoms with van der Waals surface area (Å²) in [4.78, 5) is 17.6. The maximum Gasteiger partial charge on any atom is 0.255 e. The molecule has 0 fully saturated rings. The summed E-state index contributed by atoms with van der Waals surface area (Å²) in [5, 5.41) is 13.6. The van der Waals surface area contributed by atoms with Gasteiger partial charge in [0, 0.05) is 23.4 Å². The lowest BCUT2D eigenvalue weighted by Gasteiger charge is -2.14. The number of aliphatic hydroxyl groups excluding tert-OH is 1. The number of benzene rings is 2. The van der Waals surface area contributed by atoms with Crippen molar-refractivity contribution in [2.24, 2.45) is 5.16 Å². The maximum atomic E-state index is 13.5. The van der Waals surface area contributed by atoms with E-state index in [0.29, 0.717) is 16.8 Å². The largest absolute Gasteiger partial charge is 0.393 e. The van der Waals surface area contributed by atoms with Crippen LogP contribution >= 0.6 is 34.8 Å². The maximum absolute atomic E-state index is 13.5. The van der Waals surface area contributed by atoms with Gasteiger partial charge < -0.3 is 9.94 Å². The van der Waals surface area contributed by atoms with E-state index in [1.165, 1.54) is 35.0 Å². The molecule has 9 heteroatoms. The van der Waals surface area contributed by atoms with Crippen molar-refractivity contribution < 1.29 is 14.3 Å². The fraction of sp³-hybridized carbons (Fsp3) is 0.100. The summed E-state index contributed by atoms with van der Waals surface area (Å²) < 4.78 is 14.8. The van der Waals surface area contributed by atoms with Crippen molar-refractivity contribution in [3.05, 3.63) is 97.1 Å². The SMILES string of the molecule is O=c1ccc(C(=NOCCO)c2ccc(F)cc2Cl)cn1-c1c(Cl)cccc1Cl. The number of aromatic nitrogens is 1. The van der Waals surface area contributed by atoms with E-state index in [9.17, 15) is 9.18 Å². The number of rotatable bonds is 6. The van der Waals surface area contributed by atoms with Crippen LogP contribution in [0.1, 0.15) is 11.1 Å². The van der Waals surface area contributed by atoms with Crippen LogP contribution in [-0.2, 0) is 4.84 Å². The summed E-state index contributed by atoms with van der Waals surface area (Å²) in [6.45, 7) is -0.305. The Labute approximate surface area is 180 Å². The first-order valence-electron chi connectivity index (χ1n) is 8.36. The Kier molecular flexibility index (Phi) is 6.92. The fourth-order valence-electron chi connectivity index (χ4n) is 2.61. The third-order valence-electron chi connectivity index (χ3n) is 3.89. The van der Waals surface area contributed by atoms with E-state index in [1.807, 2.05) is 0 Å². The molecule has 1 N–H and O–H groups in total. The minimum absolute atomic E-state index is 0.0572. The molecule has 5 nitrogen and oxygen atoms in total. The second kappa shape index (κ2) is 9.41. The van der Waals surface area contributed by atoms with Gasteiger partial charge in [0.1, 0.15) is 18.1 Å². The van der Waals surface area contributed by atoms with Crippen molar-refractivity contribution in [3.8, 4) is 5.69 Å². The highest BCUT2D eigenvalue weighted by Gasteiger charge is 2.16. The number of oxime groups is 1. The molecule has 29 heavy (non-hydrogen) atoms. The van der Waals surface area contributed by atoms with E-state index >= 15 is 0 Å². The third kappa shape index (κ3) is 4.79. The van der Waals surface area contributed by atoms with Crippen LogP contribution in [0.5, 0.6) is 0 Å². The molecule has 0 amide bonds. The minimum atomic E-state index is -0.512. The predicted octanol–water partition coefficient (Wildman–Crippen LogP) is 4.70. The average Bonchev–Trinajstić information content (AvgIpc) is 2.67. The molecule has 1 aromatic heterocycles. The number of halogens is 4. The zero-order chi connectivity index (χ0) is 21.0. The molecule has 1 heterocycles. The van der Waals surface area contributed by atoms with Crippen molar-refractivity contribution >= 4 is 40.5 Å². The second-order valence-corrected chi connectivity index (χ2v) is 7.04. The molecule has 0 unspecified atom stereocenters. The highest BCUT2D eigenvalue weighted by Crippen LogP contribution is 2.28. The molecule has 3 aromatic rings. The Balaban J connectivity index is 2.19. The number of para-hydroxylation sites is 1. The molecule has 0 radical (unpaired) electrons. The molecule has 150 valence electrons. The van der Waals surface area contributed by atoms with Gasteiger partial charge in [-0.05, 0) is 36.4 Å². The van der Waals surface area contributed by atoms with Crippen LogP contribution in [0.25, 0.3) is 5.69 Å². The van der Waals surface area contributed by atoms with E-state index in [4.69, 9.17) is 44.7 Å². The third-order valence-corrected chi connectivity index (χ3v) is 4.81. The van der Waals surface area contributed by atoms with Gasteiger partial charge in [-0.3, -0.25) is 9.36 Å². The molecule has 2 aromatic carbocycles. The van der Waals surface area contributed by atoms with Gasteiger partial charge in [0.15, 0.2) is 0 Å². The van der Waals surface area contributed by atoms with E-state index in [2.05, 4.69) is 5.16 Å². The van der Waals surface area contributed by atoms with Crippen LogP contribution in [0.3, 0.4) is 0 Å². The van der Waals surface area contributed by atoms with Gasteiger partial charge in [0.05, 0.1) is 27.4 Å². The van der Waals surface area contributed by atoms with Gasteiger partial charge in [0.25, 0.3) is 5.56 Å². The van der Waals surface area contributed by atoms with Crippen molar-refractivity contribution in [2.45, 2.75) is 0 Å². The molecule has 0 aliphatic carbocycles. The molecule has 3 rings (SSSR count). The molecule has 0 bridgehead atoms. The summed E-state index contributed by atoms with van der Waals surface area (Å²) in [6.07, 6.45) is 1.48. The number of hydrogen-bond acceptors (Lipinski definition) is 4. The fourth-order valence-corrected chi connectivity index (χ4v) is 3.45. The van der Waals surface area contributed by atoms with Crippen LogP contribution in [-0.4, -0.2) is 28.6 Å². The highest BCUT2D eigenvalue weighted by atomic mass is 35.5. The van der Waals surface area contributed by atoms with Gasteiger partial charge in [-0.2, -0.15) is 0 Å². The van der Waals surface area contributed by atoms with E-state index in [0.717, 1.165) is 6.07 Å². The van der Waals surface area contributed by atoms with Crippen LogP contribution < -0.4 is 5.56 Å². The molecule has 0 aliphatic heterocycles. The predicted molar refractivity (Wildman–Crippen MR) is 112 cm³/mol. The normalized spacial score (nSPS) is 11.6. The molecular weight excluding hydrogens is 442 g/mol. The van der Waals surface area contributed by atoms with Crippen molar-refractivity contribution in [3.63, 3.8) is 0 Å². The molecule has 0 spiro atoms. The molecular formula is C20H14Cl3FN2O3. The number of pyridine rings is 1. The van der Waals surface area contributed by atoms with Crippen molar-refractivity contribution in [1.29, 1.82) is 0 Å². The first-order chi connectivity index (χ1) is 13.9. The van der Waals surface area contributed by atoms with Crippen LogP contribution in [0.4, 0.5) is 4.39 Å². The first kappa shape index (κ1) is 21.3. The monoisotopic (exact) mass is 454 g/mol. The quantitative estimate of drug-likeness (QED) is 0.333. The first-order valence-corrected chi connectivity index (χ1v) is 9.49. The Morgan fingerprint density at radius 2 is 1.79 bits per heavy atom. The topological polar surface area (TPSA) is 63.8 Å². The van der Waals surface area contributed by atoms with E-state index in [1.54, 1.807) is 18.2 Å². The lowest BCUT2D eigenvalue weighted by molar-refractivity contribution is 0.0989. The minimum Gasteiger partial charge on any atom is -0.393 e. The van der Waals surface area contributed by atoms with Crippen LogP contribution in [0.15, 0.2) is 64.7 Å². The van der Waals surface area contributed by atoms with E-state index in [-0.39, 0.29) is 39.6 Å². The zero-order valence-corrected chi connectivity index (χ0v) is 17.0. The van der Waals surface area contributed by atoms with Gasteiger partial charge in [-0.1, -0.05) is 46.0 Å². The molecule has 0 atom stereocenters. The smallest absolute Gasteiger partial charge is 0.255 e. The Bertz CT molecular complexity index is 1110. The summed E-state index contributed by atoms with van der Waals surface area (Å²) in [6, 6.07) is 11.5. The van der Waals surface area contributed by atoms with Crippen LogP contribution in [0, 0.1) is 5.82 Å². The molecule has 0 saturated heterocycles. The average molecular weight is 456 g/mol. The highest BCUT2D eigenvalue weighted by molar-refractivity contribution is 6.38. The van der Waals surface area contributed by atoms with Gasteiger partial charge >= 0.3 is 0 Å². The molecule has 0 saturated carbocycles. The summed E-state index contributed by atoms with van der Waals surface area (Å²) in [5.74, 6) is -0.512. The van der Waals surface area contributed by atoms with Crippen LogP contribution in [0.2, 0.25) is 15.1 Å². The summed E-state index contributed by atoms with van der Waals surface area (Å²) in [5.41, 5.74) is 0.988. The lowest BCUT2D eigenvalue weighted by atomic mass is 10.0. The van der Waals surface area contributed by atoms with Gasteiger partial charge in [-0.15, -0.1) is 0 Å². The Morgan fingerprint density at radius 3 is 2.45 bits per heavy atom. The zero-order valence-electron chi connectivity index (χ0n) is 14.8. The second-order valence-electron chi connectivity index (χ2n) is 5.82.